The third kappa shape index (κ3) is 5.86. The Morgan fingerprint density at radius 2 is 1.88 bits per heavy atom. The molecule has 2 aromatic rings. The van der Waals surface area contributed by atoms with Gasteiger partial charge < -0.3 is 5.32 Å². The molecule has 0 unspecified atom stereocenters. The van der Waals surface area contributed by atoms with E-state index in [2.05, 4.69) is 19.2 Å². The zero-order valence-corrected chi connectivity index (χ0v) is 16.4. The molecule has 0 radical (unpaired) electrons. The predicted octanol–water partition coefficient (Wildman–Crippen LogP) is 3.00. The monoisotopic (exact) mass is 380 g/mol. The Labute approximate surface area is 153 Å². The van der Waals surface area contributed by atoms with Crippen LogP contribution in [-0.2, 0) is 21.2 Å². The maximum absolute atomic E-state index is 12.1. The predicted molar refractivity (Wildman–Crippen MR) is 104 cm³/mol. The van der Waals surface area contributed by atoms with E-state index in [-0.39, 0.29) is 19.0 Å². The minimum Gasteiger partial charge on any atom is -0.354 e. The zero-order chi connectivity index (χ0) is 18.4. The molecule has 0 saturated carbocycles. The fourth-order valence-electron chi connectivity index (χ4n) is 2.44. The van der Waals surface area contributed by atoms with Crippen LogP contribution in [0.2, 0.25) is 0 Å². The smallest absolute Gasteiger partial charge is 0.232 e. The maximum Gasteiger partial charge on any atom is 0.232 e. The molecule has 7 heteroatoms. The number of rotatable bonds is 8. The largest absolute Gasteiger partial charge is 0.354 e. The molecule has 0 bridgehead atoms. The van der Waals surface area contributed by atoms with Gasteiger partial charge in [0.1, 0.15) is 0 Å². The molecule has 0 saturated heterocycles. The molecule has 1 aromatic carbocycles. The summed E-state index contributed by atoms with van der Waals surface area (Å²) in [7, 11) is -3.41. The number of nitrogens with zero attached hydrogens (tertiary/aromatic N) is 1. The lowest BCUT2D eigenvalue weighted by Gasteiger charge is -2.23. The number of benzene rings is 1. The van der Waals surface area contributed by atoms with Crippen LogP contribution in [0.15, 0.2) is 41.8 Å². The van der Waals surface area contributed by atoms with Crippen LogP contribution in [-0.4, -0.2) is 33.7 Å². The Bertz CT molecular complexity index is 782. The number of thiophene rings is 1. The van der Waals surface area contributed by atoms with Crippen molar-refractivity contribution in [2.75, 3.05) is 23.7 Å². The van der Waals surface area contributed by atoms with E-state index in [1.54, 1.807) is 0 Å². The van der Waals surface area contributed by atoms with Crippen LogP contribution in [0.25, 0.3) is 0 Å². The molecule has 2 rings (SSSR count). The second kappa shape index (κ2) is 8.49. The second-order valence-electron chi connectivity index (χ2n) is 6.19. The molecule has 1 amide bonds. The van der Waals surface area contributed by atoms with Crippen molar-refractivity contribution in [1.29, 1.82) is 0 Å². The van der Waals surface area contributed by atoms with E-state index in [4.69, 9.17) is 0 Å². The van der Waals surface area contributed by atoms with E-state index in [9.17, 15) is 13.2 Å². The molecule has 0 atom stereocenters. The van der Waals surface area contributed by atoms with Crippen LogP contribution in [0, 0.1) is 0 Å². The van der Waals surface area contributed by atoms with E-state index < -0.39 is 10.0 Å². The SMILES string of the molecule is CC(C)c1ccc(N(CCNC(=O)Cc2cccs2)S(C)(=O)=O)cc1. The zero-order valence-electron chi connectivity index (χ0n) is 14.7. The van der Waals surface area contributed by atoms with E-state index in [0.29, 0.717) is 18.0 Å². The molecule has 1 aromatic heterocycles. The molecule has 25 heavy (non-hydrogen) atoms. The normalized spacial score (nSPS) is 11.5. The van der Waals surface area contributed by atoms with Gasteiger partial charge in [0.05, 0.1) is 24.9 Å². The topological polar surface area (TPSA) is 66.5 Å². The Balaban J connectivity index is 1.97. The number of hydrogen-bond donors (Lipinski definition) is 1. The van der Waals surface area contributed by atoms with Gasteiger partial charge in [-0.25, -0.2) is 8.42 Å². The van der Waals surface area contributed by atoms with Crippen LogP contribution in [0.4, 0.5) is 5.69 Å². The van der Waals surface area contributed by atoms with Crippen molar-refractivity contribution in [1.82, 2.24) is 5.32 Å². The van der Waals surface area contributed by atoms with Gasteiger partial charge in [-0.05, 0) is 35.1 Å². The first-order valence-corrected chi connectivity index (χ1v) is 10.9. The molecule has 0 spiro atoms. The molecule has 0 fully saturated rings. The minimum atomic E-state index is -3.41. The van der Waals surface area contributed by atoms with Gasteiger partial charge in [0.15, 0.2) is 0 Å². The highest BCUT2D eigenvalue weighted by atomic mass is 32.2. The van der Waals surface area contributed by atoms with Crippen LogP contribution in [0.1, 0.15) is 30.2 Å². The molecule has 0 aliphatic carbocycles. The van der Waals surface area contributed by atoms with Gasteiger partial charge in [0.25, 0.3) is 0 Å². The molecule has 1 N–H and O–H groups in total. The quantitative estimate of drug-likeness (QED) is 0.766. The first-order chi connectivity index (χ1) is 11.8. The van der Waals surface area contributed by atoms with Crippen molar-refractivity contribution in [3.63, 3.8) is 0 Å². The number of carbonyl (C=O) groups is 1. The Hall–Kier alpha value is -1.86. The van der Waals surface area contributed by atoms with Crippen LogP contribution in [0.5, 0.6) is 0 Å². The Morgan fingerprint density at radius 3 is 2.40 bits per heavy atom. The van der Waals surface area contributed by atoms with E-state index in [1.165, 1.54) is 21.9 Å². The van der Waals surface area contributed by atoms with Crippen molar-refractivity contribution in [2.45, 2.75) is 26.2 Å². The first-order valence-electron chi connectivity index (χ1n) is 8.14. The standard InChI is InChI=1S/C18H24N2O3S2/c1-14(2)15-6-8-16(9-7-15)20(25(3,22)23)11-10-19-18(21)13-17-5-4-12-24-17/h4-9,12,14H,10-11,13H2,1-3H3,(H,19,21). The number of anilines is 1. The van der Waals surface area contributed by atoms with Crippen LogP contribution in [0.3, 0.4) is 0 Å². The lowest BCUT2D eigenvalue weighted by molar-refractivity contribution is -0.120. The number of sulfonamides is 1. The number of nitrogens with one attached hydrogen (secondary N) is 1. The third-order valence-corrected chi connectivity index (χ3v) is 5.87. The average molecular weight is 381 g/mol. The van der Waals surface area contributed by atoms with Crippen molar-refractivity contribution in [3.8, 4) is 0 Å². The highest BCUT2D eigenvalue weighted by Crippen LogP contribution is 2.21. The van der Waals surface area contributed by atoms with Gasteiger partial charge in [-0.15, -0.1) is 11.3 Å². The molecule has 136 valence electrons. The Morgan fingerprint density at radius 1 is 1.20 bits per heavy atom. The van der Waals surface area contributed by atoms with Crippen LogP contribution >= 0.6 is 11.3 Å². The van der Waals surface area contributed by atoms with Gasteiger partial charge >= 0.3 is 0 Å². The van der Waals surface area contributed by atoms with Gasteiger partial charge in [-0.1, -0.05) is 32.0 Å². The molecule has 0 aliphatic heterocycles. The molecular formula is C18H24N2O3S2. The summed E-state index contributed by atoms with van der Waals surface area (Å²) >= 11 is 1.53. The van der Waals surface area contributed by atoms with Crippen molar-refractivity contribution in [2.24, 2.45) is 0 Å². The summed E-state index contributed by atoms with van der Waals surface area (Å²) in [6.07, 6.45) is 1.50. The first kappa shape index (κ1) is 19.5. The van der Waals surface area contributed by atoms with E-state index in [1.807, 2.05) is 41.8 Å². The van der Waals surface area contributed by atoms with Gasteiger partial charge in [0, 0.05) is 11.4 Å². The lowest BCUT2D eigenvalue weighted by atomic mass is 10.0. The summed E-state index contributed by atoms with van der Waals surface area (Å²) in [4.78, 5) is 12.9. The van der Waals surface area contributed by atoms with Crippen molar-refractivity contribution < 1.29 is 13.2 Å². The molecule has 5 nitrogen and oxygen atoms in total. The summed E-state index contributed by atoms with van der Waals surface area (Å²) in [5.41, 5.74) is 1.76. The van der Waals surface area contributed by atoms with Gasteiger partial charge in [-0.3, -0.25) is 9.10 Å². The number of carbonyl (C=O) groups excluding carboxylic acids is 1. The fourth-order valence-corrected chi connectivity index (χ4v) is 4.07. The highest BCUT2D eigenvalue weighted by Gasteiger charge is 2.17. The van der Waals surface area contributed by atoms with Crippen LogP contribution < -0.4 is 9.62 Å². The average Bonchev–Trinajstić information content (AvgIpc) is 3.03. The number of hydrogen-bond acceptors (Lipinski definition) is 4. The summed E-state index contributed by atoms with van der Waals surface area (Å²) < 4.78 is 25.5. The maximum atomic E-state index is 12.1. The lowest BCUT2D eigenvalue weighted by Crippen LogP contribution is -2.38. The summed E-state index contributed by atoms with van der Waals surface area (Å²) in [5.74, 6) is 0.281. The Kier molecular flexibility index (Phi) is 6.61. The highest BCUT2D eigenvalue weighted by molar-refractivity contribution is 7.92. The summed E-state index contributed by atoms with van der Waals surface area (Å²) in [5, 5.41) is 4.71. The van der Waals surface area contributed by atoms with E-state index >= 15 is 0 Å². The summed E-state index contributed by atoms with van der Waals surface area (Å²) in [6.45, 7) is 4.65. The summed E-state index contributed by atoms with van der Waals surface area (Å²) in [6, 6.07) is 11.3. The molecular weight excluding hydrogens is 356 g/mol. The van der Waals surface area contributed by atoms with E-state index in [0.717, 1.165) is 10.4 Å². The molecule has 0 aliphatic rings. The third-order valence-electron chi connectivity index (χ3n) is 3.80. The fraction of sp³-hybridized carbons (Fsp3) is 0.389. The minimum absolute atomic E-state index is 0.106. The van der Waals surface area contributed by atoms with Crippen molar-refractivity contribution >= 4 is 33.0 Å². The van der Waals surface area contributed by atoms with Crippen molar-refractivity contribution in [3.05, 3.63) is 52.2 Å². The van der Waals surface area contributed by atoms with Gasteiger partial charge in [0.2, 0.25) is 15.9 Å². The second-order valence-corrected chi connectivity index (χ2v) is 9.13. The van der Waals surface area contributed by atoms with Gasteiger partial charge in [-0.2, -0.15) is 0 Å². The number of amides is 1. The molecule has 1 heterocycles.